The van der Waals surface area contributed by atoms with Gasteiger partial charge < -0.3 is 14.8 Å². The van der Waals surface area contributed by atoms with Gasteiger partial charge in [-0.05, 0) is 19.2 Å². The first-order chi connectivity index (χ1) is 8.62. The number of rotatable bonds is 4. The van der Waals surface area contributed by atoms with Crippen molar-refractivity contribution in [3.63, 3.8) is 0 Å². The molecule has 0 unspecified atom stereocenters. The number of ether oxygens (including phenoxy) is 2. The standard InChI is InChI=1S/C10H9F6NO2/c1-17-5-6-7(18-9(11,12)13)3-2-4-8(6)19-10(14,15)16/h2-4,17H,5H2,1H3. The maximum absolute atomic E-state index is 12.1. The molecule has 0 amide bonds. The van der Waals surface area contributed by atoms with Gasteiger partial charge >= 0.3 is 12.7 Å². The van der Waals surface area contributed by atoms with Crippen LogP contribution in [0.25, 0.3) is 0 Å². The fourth-order valence-corrected chi connectivity index (χ4v) is 1.34. The zero-order chi connectivity index (χ0) is 14.7. The Morgan fingerprint density at radius 3 is 1.68 bits per heavy atom. The summed E-state index contributed by atoms with van der Waals surface area (Å²) in [5.74, 6) is -1.49. The van der Waals surface area contributed by atoms with E-state index in [1.165, 1.54) is 7.05 Å². The summed E-state index contributed by atoms with van der Waals surface area (Å²) in [6, 6.07) is 2.79. The molecule has 0 fully saturated rings. The van der Waals surface area contributed by atoms with Crippen molar-refractivity contribution in [2.75, 3.05) is 7.05 Å². The Morgan fingerprint density at radius 2 is 1.37 bits per heavy atom. The highest BCUT2D eigenvalue weighted by atomic mass is 19.4. The molecule has 1 rings (SSSR count). The molecule has 9 heteroatoms. The summed E-state index contributed by atoms with van der Waals surface area (Å²) in [5, 5.41) is 2.44. The molecule has 0 bridgehead atoms. The lowest BCUT2D eigenvalue weighted by Crippen LogP contribution is -2.22. The highest BCUT2D eigenvalue weighted by Gasteiger charge is 2.35. The van der Waals surface area contributed by atoms with Crippen molar-refractivity contribution >= 4 is 0 Å². The Kier molecular flexibility index (Phi) is 4.51. The van der Waals surface area contributed by atoms with Gasteiger partial charge in [-0.1, -0.05) is 6.07 Å². The van der Waals surface area contributed by atoms with Gasteiger partial charge in [0, 0.05) is 6.54 Å². The maximum atomic E-state index is 12.1. The van der Waals surface area contributed by atoms with E-state index < -0.39 is 24.2 Å². The van der Waals surface area contributed by atoms with Crippen LogP contribution in [0.4, 0.5) is 26.3 Å². The molecule has 0 atom stereocenters. The molecule has 0 aliphatic rings. The largest absolute Gasteiger partial charge is 0.573 e. The second-order valence-corrected chi connectivity index (χ2v) is 3.36. The first kappa shape index (κ1) is 15.4. The van der Waals surface area contributed by atoms with Crippen molar-refractivity contribution in [1.82, 2.24) is 5.32 Å². The molecule has 108 valence electrons. The smallest absolute Gasteiger partial charge is 0.405 e. The van der Waals surface area contributed by atoms with E-state index in [0.717, 1.165) is 18.2 Å². The van der Waals surface area contributed by atoms with E-state index >= 15 is 0 Å². The van der Waals surface area contributed by atoms with Crippen LogP contribution in [-0.2, 0) is 6.54 Å². The summed E-state index contributed by atoms with van der Waals surface area (Å²) >= 11 is 0. The van der Waals surface area contributed by atoms with Gasteiger partial charge in [-0.3, -0.25) is 0 Å². The minimum Gasteiger partial charge on any atom is -0.405 e. The van der Waals surface area contributed by atoms with Gasteiger partial charge in [-0.15, -0.1) is 26.3 Å². The Hall–Kier alpha value is -1.64. The average molecular weight is 289 g/mol. The van der Waals surface area contributed by atoms with Crippen molar-refractivity contribution in [3.05, 3.63) is 23.8 Å². The van der Waals surface area contributed by atoms with Crippen LogP contribution in [0.15, 0.2) is 18.2 Å². The maximum Gasteiger partial charge on any atom is 0.573 e. The molecule has 1 aromatic rings. The van der Waals surface area contributed by atoms with Gasteiger partial charge in [0.25, 0.3) is 0 Å². The third-order valence-electron chi connectivity index (χ3n) is 1.89. The van der Waals surface area contributed by atoms with Crippen LogP contribution in [0.5, 0.6) is 11.5 Å². The summed E-state index contributed by atoms with van der Waals surface area (Å²) in [5.41, 5.74) is -0.375. The van der Waals surface area contributed by atoms with E-state index in [-0.39, 0.29) is 12.1 Å². The average Bonchev–Trinajstić information content (AvgIpc) is 2.18. The van der Waals surface area contributed by atoms with Crippen LogP contribution < -0.4 is 14.8 Å². The van der Waals surface area contributed by atoms with Gasteiger partial charge in [0.05, 0.1) is 5.56 Å². The third-order valence-corrected chi connectivity index (χ3v) is 1.89. The van der Waals surface area contributed by atoms with Gasteiger partial charge in [-0.2, -0.15) is 0 Å². The molecule has 3 nitrogen and oxygen atoms in total. The molecule has 0 saturated carbocycles. The van der Waals surface area contributed by atoms with Gasteiger partial charge in [-0.25, -0.2) is 0 Å². The summed E-state index contributed by atoms with van der Waals surface area (Å²) in [4.78, 5) is 0. The minimum absolute atomic E-state index is 0.280. The highest BCUT2D eigenvalue weighted by Crippen LogP contribution is 2.35. The molecular formula is C10H9F6NO2. The van der Waals surface area contributed by atoms with E-state index in [2.05, 4.69) is 14.8 Å². The molecular weight excluding hydrogens is 280 g/mol. The SMILES string of the molecule is CNCc1c(OC(F)(F)F)cccc1OC(F)(F)F. The minimum atomic E-state index is -5.00. The molecule has 19 heavy (non-hydrogen) atoms. The van der Waals surface area contributed by atoms with Crippen molar-refractivity contribution in [2.45, 2.75) is 19.3 Å². The van der Waals surface area contributed by atoms with E-state index in [9.17, 15) is 26.3 Å². The van der Waals surface area contributed by atoms with E-state index in [4.69, 9.17) is 0 Å². The molecule has 0 aliphatic heterocycles. The zero-order valence-corrected chi connectivity index (χ0v) is 9.52. The zero-order valence-electron chi connectivity index (χ0n) is 9.52. The first-order valence-electron chi connectivity index (χ1n) is 4.90. The molecule has 0 radical (unpaired) electrons. The number of nitrogens with one attached hydrogen (secondary N) is 1. The lowest BCUT2D eigenvalue weighted by molar-refractivity contribution is -0.277. The second-order valence-electron chi connectivity index (χ2n) is 3.36. The van der Waals surface area contributed by atoms with Crippen molar-refractivity contribution < 1.29 is 35.8 Å². The monoisotopic (exact) mass is 289 g/mol. The topological polar surface area (TPSA) is 30.5 Å². The number of benzene rings is 1. The quantitative estimate of drug-likeness (QED) is 0.863. The van der Waals surface area contributed by atoms with E-state index in [0.29, 0.717) is 0 Å². The Balaban J connectivity index is 3.14. The summed E-state index contributed by atoms with van der Waals surface area (Å²) in [7, 11) is 1.36. The van der Waals surface area contributed by atoms with Crippen molar-refractivity contribution in [2.24, 2.45) is 0 Å². The molecule has 0 spiro atoms. The molecule has 0 saturated heterocycles. The van der Waals surface area contributed by atoms with Crippen LogP contribution in [0.3, 0.4) is 0 Å². The lowest BCUT2D eigenvalue weighted by atomic mass is 10.1. The number of hydrogen-bond acceptors (Lipinski definition) is 3. The van der Waals surface area contributed by atoms with E-state index in [1.807, 2.05) is 0 Å². The van der Waals surface area contributed by atoms with Crippen LogP contribution in [0.1, 0.15) is 5.56 Å². The second kappa shape index (κ2) is 5.55. The number of alkyl halides is 6. The molecule has 0 aromatic heterocycles. The van der Waals surface area contributed by atoms with Crippen molar-refractivity contribution in [3.8, 4) is 11.5 Å². The normalized spacial score (nSPS) is 12.4. The predicted octanol–water partition coefficient (Wildman–Crippen LogP) is 3.20. The fraction of sp³-hybridized carbons (Fsp3) is 0.400. The van der Waals surface area contributed by atoms with Gasteiger partial charge in [0.1, 0.15) is 11.5 Å². The molecule has 0 aliphatic carbocycles. The van der Waals surface area contributed by atoms with E-state index in [1.54, 1.807) is 0 Å². The Morgan fingerprint density at radius 1 is 0.947 bits per heavy atom. The van der Waals surface area contributed by atoms with Crippen molar-refractivity contribution in [1.29, 1.82) is 0 Å². The van der Waals surface area contributed by atoms with Gasteiger partial charge in [0.2, 0.25) is 0 Å². The van der Waals surface area contributed by atoms with Crippen LogP contribution in [0, 0.1) is 0 Å². The fourth-order valence-electron chi connectivity index (χ4n) is 1.34. The molecule has 1 N–H and O–H groups in total. The van der Waals surface area contributed by atoms with Crippen LogP contribution in [-0.4, -0.2) is 19.8 Å². The summed E-state index contributed by atoms with van der Waals surface area (Å²) in [6.07, 6.45) is -10.0. The lowest BCUT2D eigenvalue weighted by Gasteiger charge is -2.17. The predicted molar refractivity (Wildman–Crippen MR) is 52.6 cm³/mol. The summed E-state index contributed by atoms with van der Waals surface area (Å²) in [6.45, 7) is -0.280. The third kappa shape index (κ3) is 5.25. The number of halogens is 6. The molecule has 0 heterocycles. The first-order valence-corrected chi connectivity index (χ1v) is 4.90. The van der Waals surface area contributed by atoms with Crippen LogP contribution in [0.2, 0.25) is 0 Å². The molecule has 1 aromatic carbocycles. The number of hydrogen-bond donors (Lipinski definition) is 1. The summed E-state index contributed by atoms with van der Waals surface area (Å²) < 4.78 is 80.1. The Labute approximate surface area is 104 Å². The van der Waals surface area contributed by atoms with Gasteiger partial charge in [0.15, 0.2) is 0 Å². The Bertz CT molecular complexity index is 395. The highest BCUT2D eigenvalue weighted by molar-refractivity contribution is 5.45. The van der Waals surface area contributed by atoms with Crippen LogP contribution >= 0.6 is 0 Å².